The maximum atomic E-state index is 5.10. The van der Waals surface area contributed by atoms with Crippen LogP contribution in [0.1, 0.15) is 29.3 Å². The third-order valence-electron chi connectivity index (χ3n) is 9.76. The molecule has 1 aliphatic rings. The molecule has 0 radical (unpaired) electrons. The lowest BCUT2D eigenvalue weighted by atomic mass is 9.80. The zero-order valence-electron chi connectivity index (χ0n) is 28.5. The van der Waals surface area contributed by atoms with Crippen molar-refractivity contribution in [3.05, 3.63) is 205 Å². The second-order valence-electron chi connectivity index (χ2n) is 13.1. The molecule has 0 saturated carbocycles. The highest BCUT2D eigenvalue weighted by Gasteiger charge is 2.23. The minimum atomic E-state index is 0.148. The van der Waals surface area contributed by atoms with E-state index in [4.69, 9.17) is 19.9 Å². The molecule has 4 nitrogen and oxygen atoms in total. The Bertz CT molecular complexity index is 2520. The van der Waals surface area contributed by atoms with Gasteiger partial charge in [-0.25, -0.2) is 9.97 Å². The van der Waals surface area contributed by atoms with Gasteiger partial charge in [-0.05, 0) is 87.5 Å². The van der Waals surface area contributed by atoms with Crippen LogP contribution in [-0.4, -0.2) is 19.9 Å². The molecule has 3 aromatic heterocycles. The molecule has 3 heterocycles. The number of rotatable bonds is 7. The number of aromatic nitrogens is 4. The van der Waals surface area contributed by atoms with Crippen molar-refractivity contribution < 1.29 is 0 Å². The lowest BCUT2D eigenvalue weighted by molar-refractivity contribution is 0.874. The molecule has 52 heavy (non-hydrogen) atoms. The molecule has 1 unspecified atom stereocenters. The van der Waals surface area contributed by atoms with E-state index in [0.29, 0.717) is 5.82 Å². The second-order valence-corrected chi connectivity index (χ2v) is 13.1. The van der Waals surface area contributed by atoms with E-state index in [0.717, 1.165) is 57.0 Å². The fourth-order valence-corrected chi connectivity index (χ4v) is 7.24. The summed E-state index contributed by atoms with van der Waals surface area (Å²) in [7, 11) is 0. The number of benzene rings is 5. The Morgan fingerprint density at radius 1 is 0.442 bits per heavy atom. The second kappa shape index (κ2) is 13.9. The number of nitrogens with zero attached hydrogens (tertiary/aromatic N) is 4. The Balaban J connectivity index is 1.14. The summed E-state index contributed by atoms with van der Waals surface area (Å²) in [6.07, 6.45) is 9.20. The molecule has 5 aromatic carbocycles. The number of allylic oxidation sites excluding steroid dienone is 4. The smallest absolute Gasteiger partial charge is 0.160 e. The summed E-state index contributed by atoms with van der Waals surface area (Å²) in [6.45, 7) is 0. The van der Waals surface area contributed by atoms with Gasteiger partial charge in [-0.15, -0.1) is 0 Å². The first-order chi connectivity index (χ1) is 25.8. The SMILES string of the molecule is C1=C(c2ccccn2)C=C(c2ccccn2)CC1c1ccc(-c2cccc(-c3nc(-c4ccccc4)cc(-c4ccccc4)n3)c2)c2ccccc12. The van der Waals surface area contributed by atoms with Crippen LogP contribution in [0, 0.1) is 0 Å². The molecule has 0 bridgehead atoms. The van der Waals surface area contributed by atoms with Crippen molar-refractivity contribution in [2.75, 3.05) is 0 Å². The van der Waals surface area contributed by atoms with Crippen LogP contribution in [0.3, 0.4) is 0 Å². The average molecular weight is 667 g/mol. The number of hydrogen-bond donors (Lipinski definition) is 0. The summed E-state index contributed by atoms with van der Waals surface area (Å²) < 4.78 is 0. The molecule has 0 amide bonds. The molecular formula is C48H34N4. The third-order valence-corrected chi connectivity index (χ3v) is 9.76. The topological polar surface area (TPSA) is 51.6 Å². The van der Waals surface area contributed by atoms with Gasteiger partial charge in [0.15, 0.2) is 5.82 Å². The van der Waals surface area contributed by atoms with Crippen molar-refractivity contribution in [2.24, 2.45) is 0 Å². The van der Waals surface area contributed by atoms with Gasteiger partial charge in [0.2, 0.25) is 0 Å². The Morgan fingerprint density at radius 3 is 1.71 bits per heavy atom. The van der Waals surface area contributed by atoms with Crippen LogP contribution in [0.15, 0.2) is 188 Å². The summed E-state index contributed by atoms with van der Waals surface area (Å²) in [5.74, 6) is 0.848. The van der Waals surface area contributed by atoms with E-state index in [2.05, 4.69) is 121 Å². The van der Waals surface area contributed by atoms with Crippen molar-refractivity contribution >= 4 is 21.9 Å². The van der Waals surface area contributed by atoms with Crippen molar-refractivity contribution in [2.45, 2.75) is 12.3 Å². The average Bonchev–Trinajstić information content (AvgIpc) is 3.24. The number of pyridine rings is 2. The predicted molar refractivity (Wildman–Crippen MR) is 213 cm³/mol. The highest BCUT2D eigenvalue weighted by Crippen LogP contribution is 2.42. The zero-order chi connectivity index (χ0) is 34.7. The molecule has 0 aliphatic heterocycles. The van der Waals surface area contributed by atoms with Crippen LogP contribution >= 0.6 is 0 Å². The van der Waals surface area contributed by atoms with Crippen LogP contribution in [0.4, 0.5) is 0 Å². The molecule has 4 heteroatoms. The lowest BCUT2D eigenvalue weighted by Gasteiger charge is -2.24. The van der Waals surface area contributed by atoms with Gasteiger partial charge in [-0.3, -0.25) is 9.97 Å². The predicted octanol–water partition coefficient (Wildman–Crippen LogP) is 11.7. The Kier molecular flexibility index (Phi) is 8.32. The van der Waals surface area contributed by atoms with Crippen molar-refractivity contribution in [1.29, 1.82) is 0 Å². The van der Waals surface area contributed by atoms with Gasteiger partial charge in [-0.2, -0.15) is 0 Å². The van der Waals surface area contributed by atoms with Gasteiger partial charge in [0.05, 0.1) is 22.8 Å². The molecule has 0 fully saturated rings. The molecule has 8 aromatic rings. The van der Waals surface area contributed by atoms with E-state index in [1.807, 2.05) is 67.0 Å². The van der Waals surface area contributed by atoms with Crippen LogP contribution in [0.5, 0.6) is 0 Å². The fraction of sp³-hybridized carbons (Fsp3) is 0.0417. The normalized spacial score (nSPS) is 14.1. The lowest BCUT2D eigenvalue weighted by Crippen LogP contribution is -2.06. The number of hydrogen-bond acceptors (Lipinski definition) is 4. The first kappa shape index (κ1) is 31.2. The van der Waals surface area contributed by atoms with Crippen LogP contribution in [0.2, 0.25) is 0 Å². The molecular weight excluding hydrogens is 633 g/mol. The largest absolute Gasteiger partial charge is 0.257 e. The summed E-state index contributed by atoms with van der Waals surface area (Å²) >= 11 is 0. The minimum absolute atomic E-state index is 0.148. The van der Waals surface area contributed by atoms with E-state index in [9.17, 15) is 0 Å². The van der Waals surface area contributed by atoms with Crippen molar-refractivity contribution in [3.63, 3.8) is 0 Å². The molecule has 1 atom stereocenters. The maximum Gasteiger partial charge on any atom is 0.160 e. The third kappa shape index (κ3) is 6.23. The van der Waals surface area contributed by atoms with Crippen LogP contribution in [-0.2, 0) is 0 Å². The summed E-state index contributed by atoms with van der Waals surface area (Å²) in [5.41, 5.74) is 12.8. The molecule has 0 saturated heterocycles. The first-order valence-electron chi connectivity index (χ1n) is 17.6. The van der Waals surface area contributed by atoms with E-state index >= 15 is 0 Å². The monoisotopic (exact) mass is 666 g/mol. The molecule has 0 N–H and O–H groups in total. The summed E-state index contributed by atoms with van der Waals surface area (Å²) in [5, 5.41) is 2.45. The van der Waals surface area contributed by atoms with Crippen molar-refractivity contribution in [1.82, 2.24) is 19.9 Å². The van der Waals surface area contributed by atoms with E-state index in [1.165, 1.54) is 27.5 Å². The first-order valence-corrected chi connectivity index (χ1v) is 17.6. The van der Waals surface area contributed by atoms with Gasteiger partial charge >= 0.3 is 0 Å². The quantitative estimate of drug-likeness (QED) is 0.170. The zero-order valence-corrected chi connectivity index (χ0v) is 28.5. The van der Waals surface area contributed by atoms with Crippen molar-refractivity contribution in [3.8, 4) is 45.0 Å². The summed E-state index contributed by atoms with van der Waals surface area (Å²) in [6, 6.07) is 56.9. The molecule has 246 valence electrons. The molecule has 9 rings (SSSR count). The van der Waals surface area contributed by atoms with E-state index in [-0.39, 0.29) is 5.92 Å². The van der Waals surface area contributed by atoms with Gasteiger partial charge in [-0.1, -0.05) is 133 Å². The minimum Gasteiger partial charge on any atom is -0.257 e. The van der Waals surface area contributed by atoms with Gasteiger partial charge in [0.1, 0.15) is 0 Å². The van der Waals surface area contributed by atoms with Gasteiger partial charge in [0, 0.05) is 35.0 Å². The molecule has 0 spiro atoms. The highest BCUT2D eigenvalue weighted by molar-refractivity contribution is 6.00. The summed E-state index contributed by atoms with van der Waals surface area (Å²) in [4.78, 5) is 19.6. The number of fused-ring (bicyclic) bond motifs is 1. The maximum absolute atomic E-state index is 5.10. The van der Waals surface area contributed by atoms with E-state index < -0.39 is 0 Å². The van der Waals surface area contributed by atoms with Gasteiger partial charge in [0.25, 0.3) is 0 Å². The van der Waals surface area contributed by atoms with Gasteiger partial charge < -0.3 is 0 Å². The highest BCUT2D eigenvalue weighted by atomic mass is 14.9. The van der Waals surface area contributed by atoms with Crippen LogP contribution < -0.4 is 0 Å². The van der Waals surface area contributed by atoms with Crippen LogP contribution in [0.25, 0.3) is 66.9 Å². The Labute approximate surface area is 303 Å². The fourth-order valence-electron chi connectivity index (χ4n) is 7.24. The Morgan fingerprint density at radius 2 is 1.04 bits per heavy atom. The standard InChI is InChI=1S/C48H34N4/c1-3-14-33(15-4-1)46-32-47(34-16-5-2-6-17-34)52-48(51-46)36-19-13-18-35(28-36)40-24-25-41(43-21-8-7-20-42(40)43)37-29-38(44-22-9-11-26-49-44)31-39(30-37)45-23-10-12-27-50-45/h1-29,31-32,37H,30H2. The Hall–Kier alpha value is -6.78. The molecule has 1 aliphatic carbocycles. The van der Waals surface area contributed by atoms with E-state index in [1.54, 1.807) is 0 Å².